The van der Waals surface area contributed by atoms with Crippen LogP contribution in [0.2, 0.25) is 0 Å². The molecule has 0 spiro atoms. The average molecular weight is 276 g/mol. The SMILES string of the molecule is CCc1ccc(C(C)(C)CNC(=O)[C@@H](N)C(C)C)cc1. The minimum absolute atomic E-state index is 0.0711. The van der Waals surface area contributed by atoms with E-state index in [1.54, 1.807) is 0 Å². The molecule has 1 atom stereocenters. The van der Waals surface area contributed by atoms with Crippen molar-refractivity contribution in [1.82, 2.24) is 5.32 Å². The van der Waals surface area contributed by atoms with Gasteiger partial charge in [0, 0.05) is 12.0 Å². The smallest absolute Gasteiger partial charge is 0.237 e. The van der Waals surface area contributed by atoms with Crippen LogP contribution in [0, 0.1) is 5.92 Å². The van der Waals surface area contributed by atoms with Crippen molar-refractivity contribution < 1.29 is 4.79 Å². The summed E-state index contributed by atoms with van der Waals surface area (Å²) in [6.07, 6.45) is 1.04. The fourth-order valence-corrected chi connectivity index (χ4v) is 2.02. The molecule has 0 aliphatic carbocycles. The maximum atomic E-state index is 11.9. The lowest BCUT2D eigenvalue weighted by Crippen LogP contribution is -2.47. The highest BCUT2D eigenvalue weighted by Gasteiger charge is 2.24. The summed E-state index contributed by atoms with van der Waals surface area (Å²) in [4.78, 5) is 11.9. The molecule has 20 heavy (non-hydrogen) atoms. The molecule has 0 heterocycles. The first-order valence-electron chi connectivity index (χ1n) is 7.40. The van der Waals surface area contributed by atoms with Crippen LogP contribution in [-0.4, -0.2) is 18.5 Å². The molecule has 3 N–H and O–H groups in total. The molecule has 0 aliphatic rings. The number of benzene rings is 1. The van der Waals surface area contributed by atoms with Crippen LogP contribution < -0.4 is 11.1 Å². The van der Waals surface area contributed by atoms with Crippen LogP contribution in [-0.2, 0) is 16.6 Å². The average Bonchev–Trinajstić information content (AvgIpc) is 2.44. The van der Waals surface area contributed by atoms with E-state index in [4.69, 9.17) is 5.73 Å². The van der Waals surface area contributed by atoms with Crippen molar-refractivity contribution in [3.8, 4) is 0 Å². The van der Waals surface area contributed by atoms with E-state index in [-0.39, 0.29) is 17.2 Å². The molecule has 112 valence electrons. The van der Waals surface area contributed by atoms with Crippen molar-refractivity contribution in [3.63, 3.8) is 0 Å². The van der Waals surface area contributed by atoms with E-state index in [1.165, 1.54) is 11.1 Å². The number of amides is 1. The third-order valence-corrected chi connectivity index (χ3v) is 3.87. The Morgan fingerprint density at radius 2 is 1.80 bits per heavy atom. The molecule has 0 fully saturated rings. The summed E-state index contributed by atoms with van der Waals surface area (Å²) in [5, 5.41) is 2.97. The standard InChI is InChI=1S/C17H28N2O/c1-6-13-7-9-14(10-8-13)17(4,5)11-19-16(20)15(18)12(2)3/h7-10,12,15H,6,11,18H2,1-5H3,(H,19,20)/t15-/m0/s1. The number of aryl methyl sites for hydroxylation is 1. The molecule has 3 nitrogen and oxygen atoms in total. The van der Waals surface area contributed by atoms with Gasteiger partial charge < -0.3 is 11.1 Å². The molecular weight excluding hydrogens is 248 g/mol. The van der Waals surface area contributed by atoms with Gasteiger partial charge in [0.15, 0.2) is 0 Å². The number of hydrogen-bond acceptors (Lipinski definition) is 2. The predicted molar refractivity (Wildman–Crippen MR) is 84.7 cm³/mol. The maximum Gasteiger partial charge on any atom is 0.237 e. The number of carbonyl (C=O) groups is 1. The van der Waals surface area contributed by atoms with Crippen LogP contribution in [0.1, 0.15) is 45.7 Å². The molecule has 0 aromatic heterocycles. The van der Waals surface area contributed by atoms with Crippen molar-refractivity contribution in [2.45, 2.75) is 52.5 Å². The normalized spacial score (nSPS) is 13.3. The molecular formula is C17H28N2O. The Kier molecular flexibility index (Phi) is 5.75. The minimum atomic E-state index is -0.437. The zero-order valence-corrected chi connectivity index (χ0v) is 13.4. The zero-order chi connectivity index (χ0) is 15.3. The van der Waals surface area contributed by atoms with E-state index >= 15 is 0 Å². The van der Waals surface area contributed by atoms with Gasteiger partial charge in [0.05, 0.1) is 6.04 Å². The van der Waals surface area contributed by atoms with Gasteiger partial charge in [0.1, 0.15) is 0 Å². The van der Waals surface area contributed by atoms with Crippen LogP contribution in [0.15, 0.2) is 24.3 Å². The van der Waals surface area contributed by atoms with Crippen LogP contribution in [0.3, 0.4) is 0 Å². The molecule has 1 aromatic carbocycles. The fraction of sp³-hybridized carbons (Fsp3) is 0.588. The van der Waals surface area contributed by atoms with E-state index in [9.17, 15) is 4.79 Å². The Bertz CT molecular complexity index is 435. The Hall–Kier alpha value is -1.35. The molecule has 0 radical (unpaired) electrons. The molecule has 0 saturated carbocycles. The van der Waals surface area contributed by atoms with E-state index in [0.717, 1.165) is 6.42 Å². The van der Waals surface area contributed by atoms with E-state index in [1.807, 2.05) is 13.8 Å². The number of nitrogens with two attached hydrogens (primary N) is 1. The molecule has 0 saturated heterocycles. The van der Waals surface area contributed by atoms with Crippen molar-refractivity contribution >= 4 is 5.91 Å². The van der Waals surface area contributed by atoms with E-state index in [2.05, 4.69) is 50.4 Å². The molecule has 0 aliphatic heterocycles. The highest BCUT2D eigenvalue weighted by molar-refractivity contribution is 5.81. The third kappa shape index (κ3) is 4.34. The number of hydrogen-bond donors (Lipinski definition) is 2. The van der Waals surface area contributed by atoms with Crippen LogP contribution >= 0.6 is 0 Å². The van der Waals surface area contributed by atoms with Crippen molar-refractivity contribution in [2.75, 3.05) is 6.54 Å². The van der Waals surface area contributed by atoms with Crippen LogP contribution in [0.5, 0.6) is 0 Å². The van der Waals surface area contributed by atoms with Gasteiger partial charge in [0.25, 0.3) is 0 Å². The molecule has 1 amide bonds. The van der Waals surface area contributed by atoms with Gasteiger partial charge in [-0.3, -0.25) is 4.79 Å². The van der Waals surface area contributed by atoms with Gasteiger partial charge in [-0.25, -0.2) is 0 Å². The Morgan fingerprint density at radius 1 is 1.25 bits per heavy atom. The summed E-state index contributed by atoms with van der Waals surface area (Å²) in [6, 6.07) is 8.16. The molecule has 0 bridgehead atoms. The summed E-state index contributed by atoms with van der Waals surface area (Å²) in [5.41, 5.74) is 8.31. The Labute approximate surface area is 122 Å². The summed E-state index contributed by atoms with van der Waals surface area (Å²) < 4.78 is 0. The number of carbonyl (C=O) groups excluding carboxylic acids is 1. The number of nitrogens with one attached hydrogen (secondary N) is 1. The second kappa shape index (κ2) is 6.89. The quantitative estimate of drug-likeness (QED) is 0.839. The Balaban J connectivity index is 2.67. The van der Waals surface area contributed by atoms with Gasteiger partial charge in [-0.05, 0) is 23.5 Å². The minimum Gasteiger partial charge on any atom is -0.354 e. The molecule has 3 heteroatoms. The zero-order valence-electron chi connectivity index (χ0n) is 13.4. The highest BCUT2D eigenvalue weighted by atomic mass is 16.2. The lowest BCUT2D eigenvalue weighted by atomic mass is 9.84. The van der Waals surface area contributed by atoms with Crippen molar-refractivity contribution in [1.29, 1.82) is 0 Å². The van der Waals surface area contributed by atoms with Crippen LogP contribution in [0.25, 0.3) is 0 Å². The maximum absolute atomic E-state index is 11.9. The summed E-state index contributed by atoms with van der Waals surface area (Å²) in [6.45, 7) is 10.9. The summed E-state index contributed by atoms with van der Waals surface area (Å²) >= 11 is 0. The lowest BCUT2D eigenvalue weighted by molar-refractivity contribution is -0.123. The molecule has 1 rings (SSSR count). The third-order valence-electron chi connectivity index (χ3n) is 3.87. The summed E-state index contributed by atoms with van der Waals surface area (Å²) in [7, 11) is 0. The van der Waals surface area contributed by atoms with E-state index in [0.29, 0.717) is 6.54 Å². The number of rotatable bonds is 6. The lowest BCUT2D eigenvalue weighted by Gasteiger charge is -2.27. The first-order valence-corrected chi connectivity index (χ1v) is 7.40. The molecule has 0 unspecified atom stereocenters. The predicted octanol–water partition coefficient (Wildman–Crippen LogP) is 2.63. The highest BCUT2D eigenvalue weighted by Crippen LogP contribution is 2.22. The van der Waals surface area contributed by atoms with Gasteiger partial charge in [0.2, 0.25) is 5.91 Å². The Morgan fingerprint density at radius 3 is 2.25 bits per heavy atom. The summed E-state index contributed by atoms with van der Waals surface area (Å²) in [5.74, 6) is 0.0835. The second-order valence-electron chi connectivity index (χ2n) is 6.42. The van der Waals surface area contributed by atoms with Gasteiger partial charge in [-0.2, -0.15) is 0 Å². The topological polar surface area (TPSA) is 55.1 Å². The largest absolute Gasteiger partial charge is 0.354 e. The van der Waals surface area contributed by atoms with Crippen molar-refractivity contribution in [3.05, 3.63) is 35.4 Å². The first-order chi connectivity index (χ1) is 9.27. The second-order valence-corrected chi connectivity index (χ2v) is 6.42. The van der Waals surface area contributed by atoms with Crippen molar-refractivity contribution in [2.24, 2.45) is 11.7 Å². The van der Waals surface area contributed by atoms with Gasteiger partial charge in [-0.15, -0.1) is 0 Å². The van der Waals surface area contributed by atoms with E-state index < -0.39 is 6.04 Å². The van der Waals surface area contributed by atoms with Crippen LogP contribution in [0.4, 0.5) is 0 Å². The first kappa shape index (κ1) is 16.7. The van der Waals surface area contributed by atoms with Gasteiger partial charge in [-0.1, -0.05) is 58.9 Å². The fourth-order valence-electron chi connectivity index (χ4n) is 2.02. The monoisotopic (exact) mass is 276 g/mol. The van der Waals surface area contributed by atoms with Gasteiger partial charge >= 0.3 is 0 Å². The molecule has 1 aromatic rings.